The monoisotopic (exact) mass is 485 g/mol. The zero-order valence-corrected chi connectivity index (χ0v) is 20.5. The second kappa shape index (κ2) is 7.84. The van der Waals surface area contributed by atoms with E-state index < -0.39 is 6.04 Å². The number of aromatic nitrogens is 3. The maximum atomic E-state index is 6.73. The fourth-order valence-electron chi connectivity index (χ4n) is 5.20. The highest BCUT2D eigenvalue weighted by atomic mass is 32.4. The predicted octanol–water partition coefficient (Wildman–Crippen LogP) is 5.94. The van der Waals surface area contributed by atoms with Crippen LogP contribution >= 0.6 is 6.04 Å². The second-order valence-electron chi connectivity index (χ2n) is 8.63. The van der Waals surface area contributed by atoms with Gasteiger partial charge in [0.15, 0.2) is 0 Å². The first-order chi connectivity index (χ1) is 17.3. The lowest BCUT2D eigenvalue weighted by Gasteiger charge is -2.25. The molecule has 0 spiro atoms. The standard InChI is InChI=1S/C30H20N3PS/c35-34(21-10-2-1-3-11-21,22-12-9-19-31-20-22)28-18-8-14-24-23-13-4-6-16-26(23)33-27-17-7-5-15-25(27)32-30(33)29(24)28/h1-20H. The van der Waals surface area contributed by atoms with Gasteiger partial charge in [0.05, 0.1) is 16.6 Å². The first kappa shape index (κ1) is 20.5. The van der Waals surface area contributed by atoms with E-state index in [0.29, 0.717) is 0 Å². The van der Waals surface area contributed by atoms with Crippen LogP contribution in [-0.4, -0.2) is 14.4 Å². The van der Waals surface area contributed by atoms with Crippen LogP contribution < -0.4 is 15.9 Å². The molecule has 0 aliphatic carbocycles. The van der Waals surface area contributed by atoms with Crippen molar-refractivity contribution in [3.63, 3.8) is 0 Å². The van der Waals surface area contributed by atoms with E-state index in [0.717, 1.165) is 43.5 Å². The molecule has 3 aromatic heterocycles. The Morgan fingerprint density at radius 2 is 1.34 bits per heavy atom. The summed E-state index contributed by atoms with van der Waals surface area (Å²) in [6.45, 7) is 0. The summed E-state index contributed by atoms with van der Waals surface area (Å²) in [6.07, 6.45) is 3.75. The molecule has 166 valence electrons. The lowest BCUT2D eigenvalue weighted by molar-refractivity contribution is 1.32. The highest BCUT2D eigenvalue weighted by Crippen LogP contribution is 2.46. The molecule has 7 aromatic rings. The Balaban J connectivity index is 1.74. The molecule has 3 nitrogen and oxygen atoms in total. The third-order valence-electron chi connectivity index (χ3n) is 6.73. The van der Waals surface area contributed by atoms with Crippen molar-refractivity contribution in [3.8, 4) is 0 Å². The number of imidazole rings is 1. The molecule has 1 unspecified atom stereocenters. The van der Waals surface area contributed by atoms with Gasteiger partial charge in [-0.25, -0.2) is 4.98 Å². The van der Waals surface area contributed by atoms with E-state index in [-0.39, 0.29) is 0 Å². The van der Waals surface area contributed by atoms with Gasteiger partial charge in [-0.1, -0.05) is 96.7 Å². The van der Waals surface area contributed by atoms with Crippen molar-refractivity contribution >= 4 is 72.1 Å². The quantitative estimate of drug-likeness (QED) is 0.229. The largest absolute Gasteiger partial charge is 0.292 e. The van der Waals surface area contributed by atoms with Crippen molar-refractivity contribution < 1.29 is 0 Å². The summed E-state index contributed by atoms with van der Waals surface area (Å²) in [5.41, 5.74) is 4.18. The summed E-state index contributed by atoms with van der Waals surface area (Å²) in [5, 5.41) is 6.87. The Kier molecular flexibility index (Phi) is 4.60. The number of hydrogen-bond donors (Lipinski definition) is 0. The van der Waals surface area contributed by atoms with Crippen LogP contribution in [0.1, 0.15) is 0 Å². The first-order valence-electron chi connectivity index (χ1n) is 11.5. The number of para-hydroxylation sites is 3. The lowest BCUT2D eigenvalue weighted by Crippen LogP contribution is -2.26. The van der Waals surface area contributed by atoms with Crippen LogP contribution in [-0.2, 0) is 11.8 Å². The number of fused-ring (bicyclic) bond motifs is 8. The van der Waals surface area contributed by atoms with Crippen molar-refractivity contribution in [2.45, 2.75) is 0 Å². The van der Waals surface area contributed by atoms with E-state index in [1.54, 1.807) is 0 Å². The minimum Gasteiger partial charge on any atom is -0.292 e. The highest BCUT2D eigenvalue weighted by molar-refractivity contribution is 8.25. The summed E-state index contributed by atoms with van der Waals surface area (Å²) < 4.78 is 2.30. The minimum atomic E-state index is -2.43. The van der Waals surface area contributed by atoms with Gasteiger partial charge in [0.25, 0.3) is 0 Å². The number of pyridine rings is 2. The average molecular weight is 486 g/mol. The van der Waals surface area contributed by atoms with Crippen molar-refractivity contribution in [1.82, 2.24) is 14.4 Å². The number of nitrogens with zero attached hydrogens (tertiary/aromatic N) is 3. The molecular weight excluding hydrogens is 465 g/mol. The summed E-state index contributed by atoms with van der Waals surface area (Å²) in [5.74, 6) is 0. The minimum absolute atomic E-state index is 0.949. The maximum absolute atomic E-state index is 6.73. The van der Waals surface area contributed by atoms with Crippen LogP contribution in [0.15, 0.2) is 122 Å². The predicted molar refractivity (Wildman–Crippen MR) is 152 cm³/mol. The van der Waals surface area contributed by atoms with Crippen LogP contribution in [0, 0.1) is 0 Å². The topological polar surface area (TPSA) is 30.2 Å². The molecule has 35 heavy (non-hydrogen) atoms. The molecule has 0 amide bonds. The molecule has 3 heterocycles. The van der Waals surface area contributed by atoms with Crippen LogP contribution in [0.3, 0.4) is 0 Å². The Hall–Kier alpha value is -3.85. The third-order valence-corrected chi connectivity index (χ3v) is 11.7. The molecule has 5 heteroatoms. The average Bonchev–Trinajstić information content (AvgIpc) is 3.33. The molecule has 7 rings (SSSR count). The fourth-order valence-corrected chi connectivity index (χ4v) is 9.15. The normalized spacial score (nSPS) is 13.5. The van der Waals surface area contributed by atoms with Crippen molar-refractivity contribution in [1.29, 1.82) is 0 Å². The van der Waals surface area contributed by atoms with Gasteiger partial charge in [0.2, 0.25) is 0 Å². The number of hydrogen-bond acceptors (Lipinski definition) is 3. The molecule has 0 bridgehead atoms. The number of benzene rings is 4. The molecule has 4 aromatic carbocycles. The van der Waals surface area contributed by atoms with E-state index >= 15 is 0 Å². The third kappa shape index (κ3) is 2.94. The van der Waals surface area contributed by atoms with E-state index in [4.69, 9.17) is 16.8 Å². The molecule has 0 aliphatic heterocycles. The molecule has 0 fully saturated rings. The molecule has 0 radical (unpaired) electrons. The fraction of sp³-hybridized carbons (Fsp3) is 0. The Morgan fingerprint density at radius 3 is 2.17 bits per heavy atom. The van der Waals surface area contributed by atoms with E-state index in [9.17, 15) is 0 Å². The molecule has 0 saturated heterocycles. The van der Waals surface area contributed by atoms with Gasteiger partial charge in [-0.2, -0.15) is 0 Å². The summed E-state index contributed by atoms with van der Waals surface area (Å²) >= 11 is 6.73. The molecule has 0 aliphatic rings. The van der Waals surface area contributed by atoms with Gasteiger partial charge in [-0.3, -0.25) is 9.38 Å². The second-order valence-corrected chi connectivity index (χ2v) is 13.0. The van der Waals surface area contributed by atoms with Crippen LogP contribution in [0.5, 0.6) is 0 Å². The van der Waals surface area contributed by atoms with E-state index in [1.165, 1.54) is 10.8 Å². The van der Waals surface area contributed by atoms with Gasteiger partial charge in [0, 0.05) is 39.8 Å². The maximum Gasteiger partial charge on any atom is 0.147 e. The Morgan fingerprint density at radius 1 is 0.629 bits per heavy atom. The Bertz CT molecular complexity index is 1880. The lowest BCUT2D eigenvalue weighted by atomic mass is 10.1. The Labute approximate surface area is 207 Å². The number of rotatable bonds is 3. The van der Waals surface area contributed by atoms with Gasteiger partial charge >= 0.3 is 0 Å². The molecular formula is C30H20N3PS. The smallest absolute Gasteiger partial charge is 0.147 e. The van der Waals surface area contributed by atoms with Crippen molar-refractivity contribution in [2.24, 2.45) is 0 Å². The van der Waals surface area contributed by atoms with Crippen LogP contribution in [0.4, 0.5) is 0 Å². The van der Waals surface area contributed by atoms with Gasteiger partial charge in [-0.05, 0) is 35.0 Å². The summed E-state index contributed by atoms with van der Waals surface area (Å²) in [7, 11) is 0. The van der Waals surface area contributed by atoms with Crippen molar-refractivity contribution in [3.05, 3.63) is 122 Å². The zero-order chi connectivity index (χ0) is 23.4. The first-order valence-corrected chi connectivity index (χ1v) is 14.3. The molecule has 1 atom stereocenters. The van der Waals surface area contributed by atoms with Crippen LogP contribution in [0.2, 0.25) is 0 Å². The zero-order valence-electron chi connectivity index (χ0n) is 18.7. The van der Waals surface area contributed by atoms with Gasteiger partial charge in [-0.15, -0.1) is 0 Å². The van der Waals surface area contributed by atoms with E-state index in [2.05, 4.69) is 100 Å². The van der Waals surface area contributed by atoms with E-state index in [1.807, 2.05) is 30.6 Å². The van der Waals surface area contributed by atoms with Gasteiger partial charge < -0.3 is 0 Å². The van der Waals surface area contributed by atoms with Gasteiger partial charge in [0.1, 0.15) is 5.65 Å². The SMILES string of the molecule is S=P(c1ccccc1)(c1cccnc1)c1cccc2c3ccccc3n3c4ccccc4nc3c12. The van der Waals surface area contributed by atoms with Crippen LogP contribution in [0.25, 0.3) is 38.4 Å². The molecule has 0 N–H and O–H groups in total. The highest BCUT2D eigenvalue weighted by Gasteiger charge is 2.29. The van der Waals surface area contributed by atoms with Crippen molar-refractivity contribution in [2.75, 3.05) is 0 Å². The summed E-state index contributed by atoms with van der Waals surface area (Å²) in [4.78, 5) is 9.64. The summed E-state index contributed by atoms with van der Waals surface area (Å²) in [6, 6.07) is 35.7. The molecule has 0 saturated carbocycles.